The SMILES string of the molecule is C/C=C1/C=C(C)C(C)=CC1.C=CC.Cc1cc2c(cc1C)-c1ccccc1C2. The molecule has 0 saturated heterocycles. The maximum Gasteiger partial charge on any atom is -0.00134 e. The zero-order chi connectivity index (χ0) is 20.7. The fraction of sp³-hybridized carbons (Fsp3) is 0.286. The summed E-state index contributed by atoms with van der Waals surface area (Å²) in [6, 6.07) is 13.4. The Morgan fingerprint density at radius 3 is 2.11 bits per heavy atom. The molecule has 0 N–H and O–H groups in total. The van der Waals surface area contributed by atoms with Crippen molar-refractivity contribution in [3.05, 3.63) is 106 Å². The van der Waals surface area contributed by atoms with Gasteiger partial charge in [0.25, 0.3) is 0 Å². The van der Waals surface area contributed by atoms with Crippen molar-refractivity contribution >= 4 is 0 Å². The maximum absolute atomic E-state index is 3.36. The molecular weight excluding hydrogens is 336 g/mol. The second-order valence-electron chi connectivity index (χ2n) is 7.62. The van der Waals surface area contributed by atoms with Crippen LogP contribution in [-0.2, 0) is 6.42 Å². The highest BCUT2D eigenvalue weighted by molar-refractivity contribution is 5.77. The zero-order valence-corrected chi connectivity index (χ0v) is 18.4. The zero-order valence-electron chi connectivity index (χ0n) is 18.4. The molecule has 0 radical (unpaired) electrons. The average molecular weight is 371 g/mol. The van der Waals surface area contributed by atoms with Crippen molar-refractivity contribution in [3.8, 4) is 11.1 Å². The van der Waals surface area contributed by atoms with E-state index in [1.165, 1.54) is 50.1 Å². The number of hydrogen-bond donors (Lipinski definition) is 0. The van der Waals surface area contributed by atoms with E-state index in [0.717, 1.165) is 12.8 Å². The van der Waals surface area contributed by atoms with Gasteiger partial charge in [0.15, 0.2) is 0 Å². The first-order valence-electron chi connectivity index (χ1n) is 10.2. The monoisotopic (exact) mass is 370 g/mol. The van der Waals surface area contributed by atoms with E-state index in [4.69, 9.17) is 0 Å². The van der Waals surface area contributed by atoms with Gasteiger partial charge in [0, 0.05) is 0 Å². The minimum Gasteiger partial charge on any atom is -0.103 e. The molecule has 0 spiro atoms. The van der Waals surface area contributed by atoms with E-state index < -0.39 is 0 Å². The van der Waals surface area contributed by atoms with Gasteiger partial charge >= 0.3 is 0 Å². The quantitative estimate of drug-likeness (QED) is 0.349. The Morgan fingerprint density at radius 1 is 0.821 bits per heavy atom. The lowest BCUT2D eigenvalue weighted by Gasteiger charge is -2.09. The van der Waals surface area contributed by atoms with Crippen LogP contribution in [0.15, 0.2) is 84.0 Å². The van der Waals surface area contributed by atoms with E-state index in [1.807, 2.05) is 6.92 Å². The van der Waals surface area contributed by atoms with Gasteiger partial charge in [-0.05, 0) is 98.9 Å². The summed E-state index contributed by atoms with van der Waals surface area (Å²) < 4.78 is 0. The van der Waals surface area contributed by atoms with Gasteiger partial charge in [-0.2, -0.15) is 0 Å². The van der Waals surface area contributed by atoms with Gasteiger partial charge < -0.3 is 0 Å². The molecule has 0 aromatic heterocycles. The molecule has 0 atom stereocenters. The molecule has 2 aromatic carbocycles. The highest BCUT2D eigenvalue weighted by Crippen LogP contribution is 2.37. The fourth-order valence-corrected chi connectivity index (χ4v) is 3.50. The fourth-order valence-electron chi connectivity index (χ4n) is 3.50. The van der Waals surface area contributed by atoms with Gasteiger partial charge in [-0.15, -0.1) is 6.58 Å². The molecule has 0 aliphatic heterocycles. The van der Waals surface area contributed by atoms with Gasteiger partial charge in [0.05, 0.1) is 0 Å². The molecule has 0 heterocycles. The Morgan fingerprint density at radius 2 is 1.46 bits per heavy atom. The number of hydrogen-bond acceptors (Lipinski definition) is 0. The van der Waals surface area contributed by atoms with Gasteiger partial charge in [0.1, 0.15) is 0 Å². The van der Waals surface area contributed by atoms with Gasteiger partial charge in [0.2, 0.25) is 0 Å². The van der Waals surface area contributed by atoms with Crippen LogP contribution in [0.5, 0.6) is 0 Å². The number of benzene rings is 2. The Kier molecular flexibility index (Phi) is 7.81. The number of allylic oxidation sites excluding steroid dienone is 7. The van der Waals surface area contributed by atoms with Crippen molar-refractivity contribution in [3.63, 3.8) is 0 Å². The lowest BCUT2D eigenvalue weighted by molar-refractivity contribution is 1.15. The predicted octanol–water partition coefficient (Wildman–Crippen LogP) is 8.30. The third kappa shape index (κ3) is 5.23. The topological polar surface area (TPSA) is 0 Å². The summed E-state index contributed by atoms with van der Waals surface area (Å²) in [6.07, 6.45) is 10.7. The van der Waals surface area contributed by atoms with E-state index in [9.17, 15) is 0 Å². The molecule has 146 valence electrons. The molecular formula is C28H34. The molecule has 2 aromatic rings. The third-order valence-corrected chi connectivity index (χ3v) is 5.45. The van der Waals surface area contributed by atoms with Crippen molar-refractivity contribution in [1.82, 2.24) is 0 Å². The first-order chi connectivity index (χ1) is 13.4. The molecule has 2 aliphatic rings. The van der Waals surface area contributed by atoms with Crippen LogP contribution in [-0.4, -0.2) is 0 Å². The van der Waals surface area contributed by atoms with E-state index in [-0.39, 0.29) is 0 Å². The molecule has 0 bridgehead atoms. The molecule has 0 saturated carbocycles. The van der Waals surface area contributed by atoms with Crippen LogP contribution in [0.3, 0.4) is 0 Å². The number of rotatable bonds is 0. The van der Waals surface area contributed by atoms with E-state index in [1.54, 1.807) is 6.08 Å². The molecule has 28 heavy (non-hydrogen) atoms. The summed E-state index contributed by atoms with van der Waals surface area (Å²) in [5.41, 5.74) is 12.9. The first kappa shape index (κ1) is 21.7. The summed E-state index contributed by atoms with van der Waals surface area (Å²) >= 11 is 0. The third-order valence-electron chi connectivity index (χ3n) is 5.45. The molecule has 2 aliphatic carbocycles. The highest BCUT2D eigenvalue weighted by Gasteiger charge is 2.18. The largest absolute Gasteiger partial charge is 0.103 e. The summed E-state index contributed by atoms with van der Waals surface area (Å²) in [6.45, 7) is 16.1. The van der Waals surface area contributed by atoms with E-state index >= 15 is 0 Å². The van der Waals surface area contributed by atoms with Crippen molar-refractivity contribution in [2.45, 2.75) is 54.4 Å². The van der Waals surface area contributed by atoms with Crippen LogP contribution in [0.2, 0.25) is 0 Å². The summed E-state index contributed by atoms with van der Waals surface area (Å²) in [7, 11) is 0. The predicted molar refractivity (Wildman–Crippen MR) is 126 cm³/mol. The van der Waals surface area contributed by atoms with Crippen LogP contribution in [0, 0.1) is 13.8 Å². The van der Waals surface area contributed by atoms with Crippen LogP contribution in [0.25, 0.3) is 11.1 Å². The van der Waals surface area contributed by atoms with Crippen molar-refractivity contribution in [1.29, 1.82) is 0 Å². The maximum atomic E-state index is 3.36. The van der Waals surface area contributed by atoms with Gasteiger partial charge in [-0.3, -0.25) is 0 Å². The van der Waals surface area contributed by atoms with E-state index in [2.05, 4.69) is 95.8 Å². The number of fused-ring (bicyclic) bond motifs is 3. The van der Waals surface area contributed by atoms with Crippen LogP contribution >= 0.6 is 0 Å². The van der Waals surface area contributed by atoms with Crippen molar-refractivity contribution < 1.29 is 0 Å². The Hall–Kier alpha value is -2.60. The average Bonchev–Trinajstić information content (AvgIpc) is 3.03. The minimum absolute atomic E-state index is 1.10. The summed E-state index contributed by atoms with van der Waals surface area (Å²) in [5, 5.41) is 0. The highest BCUT2D eigenvalue weighted by atomic mass is 14.2. The van der Waals surface area contributed by atoms with Crippen LogP contribution in [0.4, 0.5) is 0 Å². The van der Waals surface area contributed by atoms with Crippen molar-refractivity contribution in [2.75, 3.05) is 0 Å². The molecule has 0 heteroatoms. The molecule has 0 nitrogen and oxygen atoms in total. The van der Waals surface area contributed by atoms with E-state index in [0.29, 0.717) is 0 Å². The summed E-state index contributed by atoms with van der Waals surface area (Å²) in [5.74, 6) is 0. The second kappa shape index (κ2) is 10.1. The standard InChI is InChI=1S/C15H14.C10H14.C3H6/c1-10-7-13-9-12-5-3-4-6-14(12)15(13)8-11(10)2;1-4-10-6-5-8(2)9(3)7-10;1-3-2/h3-8H,9H2,1-2H3;4-5,7H,6H2,1-3H3;3H,1H2,2H3/b;10-4+;. The minimum atomic E-state index is 1.10. The smallest absolute Gasteiger partial charge is 0.00134 e. The second-order valence-corrected chi connectivity index (χ2v) is 7.62. The Labute approximate surface area is 172 Å². The Bertz CT molecular complexity index is 933. The normalized spacial score (nSPS) is 15.1. The molecule has 0 amide bonds. The first-order valence-corrected chi connectivity index (χ1v) is 10.2. The molecule has 4 rings (SSSR count). The Balaban J connectivity index is 0.000000188. The lowest BCUT2D eigenvalue weighted by Crippen LogP contribution is -1.89. The van der Waals surface area contributed by atoms with Gasteiger partial charge in [-0.1, -0.05) is 66.3 Å². The lowest BCUT2D eigenvalue weighted by atomic mass is 9.97. The number of aryl methyl sites for hydroxylation is 2. The van der Waals surface area contributed by atoms with Crippen molar-refractivity contribution in [2.24, 2.45) is 0 Å². The molecule has 0 unspecified atom stereocenters. The van der Waals surface area contributed by atoms with Gasteiger partial charge in [-0.25, -0.2) is 0 Å². The van der Waals surface area contributed by atoms with Crippen LogP contribution in [0.1, 0.15) is 56.4 Å². The van der Waals surface area contributed by atoms with Crippen LogP contribution < -0.4 is 0 Å². The summed E-state index contributed by atoms with van der Waals surface area (Å²) in [4.78, 5) is 0. The molecule has 0 fully saturated rings.